The molecule has 8 rings (SSSR count). The van der Waals surface area contributed by atoms with Crippen molar-refractivity contribution in [2.24, 2.45) is 0 Å². The zero-order valence-electron chi connectivity index (χ0n) is 31.9. The number of benzene rings is 4. The summed E-state index contributed by atoms with van der Waals surface area (Å²) in [4.78, 5) is 28.5. The van der Waals surface area contributed by atoms with Crippen molar-refractivity contribution in [3.05, 3.63) is 103 Å². The second kappa shape index (κ2) is 16.1. The second-order valence-corrected chi connectivity index (χ2v) is 15.7. The molecule has 4 aromatic carbocycles. The van der Waals surface area contributed by atoms with Gasteiger partial charge in [0.05, 0.1) is 41.8 Å². The summed E-state index contributed by atoms with van der Waals surface area (Å²) in [7, 11) is 2.09. The lowest BCUT2D eigenvalue weighted by Crippen LogP contribution is -2.38. The standard InChI is InChI=1S/C42H45N9O4S/c1-42(2,3)37-26-38(51(48-37)29-10-12-30(13-11-29)54-24-21-50-19-22-53-23-20-50)46-41(52)45-33-14-16-35(32-8-6-5-7-31(32)33)55-39-17-18-43-40(47-39)44-28-9-15-34-36(25-28)56-27-49(34)4/h5-18,25-26H,19-24,27H2,1-4H3,(H,43,44,47)(H2,45,46,52). The molecule has 0 aliphatic carbocycles. The first-order valence-corrected chi connectivity index (χ1v) is 19.6. The van der Waals surface area contributed by atoms with E-state index in [4.69, 9.17) is 19.3 Å². The van der Waals surface area contributed by atoms with Crippen LogP contribution in [-0.2, 0) is 10.2 Å². The fourth-order valence-electron chi connectivity index (χ4n) is 6.53. The van der Waals surface area contributed by atoms with Crippen molar-refractivity contribution in [2.45, 2.75) is 31.1 Å². The van der Waals surface area contributed by atoms with Gasteiger partial charge in [0.1, 0.15) is 23.9 Å². The predicted molar refractivity (Wildman–Crippen MR) is 223 cm³/mol. The molecule has 0 atom stereocenters. The minimum Gasteiger partial charge on any atom is -0.492 e. The topological polar surface area (TPSA) is 131 Å². The molecule has 4 heterocycles. The normalized spacial score (nSPS) is 14.4. The number of nitrogens with one attached hydrogen (secondary N) is 3. The Morgan fingerprint density at radius 2 is 1.73 bits per heavy atom. The van der Waals surface area contributed by atoms with Gasteiger partial charge < -0.3 is 29.7 Å². The van der Waals surface area contributed by atoms with Gasteiger partial charge >= 0.3 is 6.03 Å². The number of thioether (sulfide) groups is 1. The van der Waals surface area contributed by atoms with Gasteiger partial charge in [-0.05, 0) is 54.6 Å². The molecule has 0 radical (unpaired) electrons. The molecule has 14 heteroatoms. The highest BCUT2D eigenvalue weighted by Gasteiger charge is 2.22. The molecule has 0 unspecified atom stereocenters. The smallest absolute Gasteiger partial charge is 0.324 e. The zero-order chi connectivity index (χ0) is 38.6. The van der Waals surface area contributed by atoms with E-state index < -0.39 is 6.03 Å². The first-order chi connectivity index (χ1) is 27.2. The first kappa shape index (κ1) is 37.1. The lowest BCUT2D eigenvalue weighted by Gasteiger charge is -2.26. The van der Waals surface area contributed by atoms with Crippen molar-refractivity contribution >= 4 is 57.4 Å². The summed E-state index contributed by atoms with van der Waals surface area (Å²) in [6, 6.07) is 28.6. The monoisotopic (exact) mass is 771 g/mol. The number of fused-ring (bicyclic) bond motifs is 2. The number of hydrogen-bond donors (Lipinski definition) is 3. The largest absolute Gasteiger partial charge is 0.492 e. The maximum absolute atomic E-state index is 13.7. The Hall–Kier alpha value is -5.83. The van der Waals surface area contributed by atoms with E-state index in [1.807, 2.05) is 72.8 Å². The predicted octanol–water partition coefficient (Wildman–Crippen LogP) is 8.50. The highest BCUT2D eigenvalue weighted by Crippen LogP contribution is 2.40. The van der Waals surface area contributed by atoms with E-state index in [0.29, 0.717) is 35.7 Å². The molecule has 1 saturated heterocycles. The summed E-state index contributed by atoms with van der Waals surface area (Å²) in [5, 5.41) is 15.9. The maximum Gasteiger partial charge on any atom is 0.324 e. The minimum atomic E-state index is -0.406. The molecule has 6 aromatic rings. The van der Waals surface area contributed by atoms with Gasteiger partial charge in [0, 0.05) is 71.8 Å². The van der Waals surface area contributed by atoms with Crippen LogP contribution >= 0.6 is 11.8 Å². The van der Waals surface area contributed by atoms with Gasteiger partial charge in [-0.3, -0.25) is 10.2 Å². The average molecular weight is 772 g/mol. The summed E-state index contributed by atoms with van der Waals surface area (Å²) in [6.07, 6.45) is 1.66. The average Bonchev–Trinajstić information content (AvgIpc) is 3.80. The van der Waals surface area contributed by atoms with Crippen LogP contribution in [0.15, 0.2) is 102 Å². The molecule has 2 aliphatic rings. The van der Waals surface area contributed by atoms with Crippen LogP contribution in [0.3, 0.4) is 0 Å². The summed E-state index contributed by atoms with van der Waals surface area (Å²) < 4.78 is 19.5. The molecule has 0 saturated carbocycles. The molecule has 0 spiro atoms. The summed E-state index contributed by atoms with van der Waals surface area (Å²) in [6.45, 7) is 11.1. The van der Waals surface area contributed by atoms with E-state index in [-0.39, 0.29) is 5.41 Å². The van der Waals surface area contributed by atoms with Crippen LogP contribution in [0.4, 0.5) is 33.6 Å². The van der Waals surface area contributed by atoms with Crippen molar-refractivity contribution in [2.75, 3.05) is 73.2 Å². The number of ether oxygens (including phenoxy) is 3. The minimum absolute atomic E-state index is 0.245. The first-order valence-electron chi connectivity index (χ1n) is 18.7. The van der Waals surface area contributed by atoms with Gasteiger partial charge in [-0.2, -0.15) is 10.1 Å². The number of carbonyl (C=O) groups excluding carboxylic acids is 1. The number of rotatable bonds is 11. The Bertz CT molecular complexity index is 2340. The molecule has 1 fully saturated rings. The molecule has 2 aliphatic heterocycles. The van der Waals surface area contributed by atoms with Crippen LogP contribution in [0.1, 0.15) is 26.5 Å². The lowest BCUT2D eigenvalue weighted by atomic mass is 9.92. The number of anilines is 5. The van der Waals surface area contributed by atoms with Crippen molar-refractivity contribution < 1.29 is 19.0 Å². The molecule has 0 bridgehead atoms. The molecule has 288 valence electrons. The SMILES string of the molecule is CN1CSc2cc(Nc3nccc(Oc4ccc(NC(=O)Nc5cc(C(C)(C)C)nn5-c5ccc(OCCN6CCOCC6)cc5)c5ccccc45)n3)ccc21. The Balaban J connectivity index is 0.957. The van der Waals surface area contributed by atoms with Gasteiger partial charge in [-0.1, -0.05) is 45.0 Å². The van der Waals surface area contributed by atoms with Gasteiger partial charge in [-0.15, -0.1) is 11.8 Å². The van der Waals surface area contributed by atoms with Crippen molar-refractivity contribution in [3.8, 4) is 23.1 Å². The van der Waals surface area contributed by atoms with E-state index in [1.54, 1.807) is 28.7 Å². The molecular weight excluding hydrogens is 727 g/mol. The van der Waals surface area contributed by atoms with E-state index in [1.165, 1.54) is 10.6 Å². The van der Waals surface area contributed by atoms with E-state index >= 15 is 0 Å². The van der Waals surface area contributed by atoms with E-state index in [9.17, 15) is 4.79 Å². The highest BCUT2D eigenvalue weighted by molar-refractivity contribution is 7.99. The Kier molecular flexibility index (Phi) is 10.7. The van der Waals surface area contributed by atoms with Crippen LogP contribution in [0.5, 0.6) is 17.4 Å². The van der Waals surface area contributed by atoms with E-state index in [2.05, 4.69) is 75.7 Å². The summed E-state index contributed by atoms with van der Waals surface area (Å²) >= 11 is 1.80. The van der Waals surface area contributed by atoms with Crippen molar-refractivity contribution in [1.82, 2.24) is 24.6 Å². The molecule has 2 amide bonds. The summed E-state index contributed by atoms with van der Waals surface area (Å²) in [5.41, 5.74) is 4.13. The zero-order valence-corrected chi connectivity index (χ0v) is 32.7. The highest BCUT2D eigenvalue weighted by atomic mass is 32.2. The number of nitrogens with zero attached hydrogens (tertiary/aromatic N) is 6. The molecule has 56 heavy (non-hydrogen) atoms. The number of urea groups is 1. The van der Waals surface area contributed by atoms with Crippen molar-refractivity contribution in [3.63, 3.8) is 0 Å². The fourth-order valence-corrected chi connectivity index (χ4v) is 7.59. The number of hydrogen-bond acceptors (Lipinski definition) is 11. The molecular formula is C42H45N9O4S. The second-order valence-electron chi connectivity index (χ2n) is 14.7. The van der Waals surface area contributed by atoms with Crippen LogP contribution in [0.25, 0.3) is 16.5 Å². The van der Waals surface area contributed by atoms with Crippen LogP contribution in [-0.4, -0.2) is 83.1 Å². The number of aromatic nitrogens is 4. The van der Waals surface area contributed by atoms with E-state index in [0.717, 1.165) is 72.3 Å². The van der Waals surface area contributed by atoms with Gasteiger partial charge in [-0.25, -0.2) is 14.5 Å². The third-order valence-corrected chi connectivity index (χ3v) is 10.8. The Labute approximate surface area is 330 Å². The number of amides is 2. The molecule has 3 N–H and O–H groups in total. The third kappa shape index (κ3) is 8.52. The van der Waals surface area contributed by atoms with Gasteiger partial charge in [0.2, 0.25) is 11.8 Å². The van der Waals surface area contributed by atoms with Crippen molar-refractivity contribution in [1.29, 1.82) is 0 Å². The third-order valence-electron chi connectivity index (χ3n) is 9.60. The number of carbonyl (C=O) groups is 1. The van der Waals surface area contributed by atoms with Crippen LogP contribution in [0, 0.1) is 0 Å². The van der Waals surface area contributed by atoms with Crippen LogP contribution < -0.4 is 30.3 Å². The fraction of sp³-hybridized carbons (Fsp3) is 0.286. The lowest BCUT2D eigenvalue weighted by molar-refractivity contribution is 0.0322. The molecule has 2 aromatic heterocycles. The Morgan fingerprint density at radius 1 is 0.929 bits per heavy atom. The van der Waals surface area contributed by atoms with Crippen LogP contribution in [0.2, 0.25) is 0 Å². The van der Waals surface area contributed by atoms with Gasteiger partial charge in [0.15, 0.2) is 0 Å². The van der Waals surface area contributed by atoms with Gasteiger partial charge in [0.25, 0.3) is 0 Å². The summed E-state index contributed by atoms with van der Waals surface area (Å²) in [5.74, 6) is 3.65. The Morgan fingerprint density at radius 3 is 2.54 bits per heavy atom. The molecule has 13 nitrogen and oxygen atoms in total. The quantitative estimate of drug-likeness (QED) is 0.117. The number of morpholine rings is 1. The maximum atomic E-state index is 13.7.